The van der Waals surface area contributed by atoms with Gasteiger partial charge in [0.1, 0.15) is 11.6 Å². The fraction of sp³-hybridized carbons (Fsp3) is 0.353. The number of nitrogens with one attached hydrogen (secondary N) is 1. The highest BCUT2D eigenvalue weighted by Crippen LogP contribution is 2.24. The maximum absolute atomic E-state index is 4.62. The number of fused-ring (bicyclic) bond motifs is 1. The average Bonchev–Trinajstić information content (AvgIpc) is 2.98. The summed E-state index contributed by atoms with van der Waals surface area (Å²) in [7, 11) is 0. The molecule has 0 spiro atoms. The van der Waals surface area contributed by atoms with Gasteiger partial charge >= 0.3 is 0 Å². The molecule has 1 aliphatic rings. The number of pyridine rings is 2. The van der Waals surface area contributed by atoms with Crippen LogP contribution in [-0.4, -0.2) is 32.7 Å². The molecule has 1 saturated heterocycles. The molecule has 4 rings (SSSR count). The molecule has 23 heavy (non-hydrogen) atoms. The fourth-order valence-corrected chi connectivity index (χ4v) is 3.13. The largest absolute Gasteiger partial charge is 0.356 e. The van der Waals surface area contributed by atoms with Crippen molar-refractivity contribution < 1.29 is 0 Å². The molecule has 118 valence electrons. The first-order valence-corrected chi connectivity index (χ1v) is 8.08. The van der Waals surface area contributed by atoms with Crippen LogP contribution in [0.4, 0.5) is 17.6 Å². The van der Waals surface area contributed by atoms with Crippen molar-refractivity contribution in [3.05, 3.63) is 42.6 Å². The summed E-state index contributed by atoms with van der Waals surface area (Å²) in [4.78, 5) is 11.2. The van der Waals surface area contributed by atoms with Crippen LogP contribution >= 0.6 is 0 Å². The van der Waals surface area contributed by atoms with Crippen molar-refractivity contribution in [2.45, 2.75) is 19.8 Å². The van der Waals surface area contributed by atoms with Gasteiger partial charge in [-0.15, -0.1) is 5.10 Å². The monoisotopic (exact) mass is 308 g/mol. The fourth-order valence-electron chi connectivity index (χ4n) is 3.13. The summed E-state index contributed by atoms with van der Waals surface area (Å²) in [5.74, 6) is 3.14. The number of aromatic nitrogens is 4. The van der Waals surface area contributed by atoms with Gasteiger partial charge in [0, 0.05) is 19.3 Å². The van der Waals surface area contributed by atoms with Crippen LogP contribution in [0.3, 0.4) is 0 Å². The minimum absolute atomic E-state index is 0.571. The second kappa shape index (κ2) is 5.87. The first kappa shape index (κ1) is 14.0. The number of rotatable bonds is 3. The zero-order valence-corrected chi connectivity index (χ0v) is 13.2. The Bertz CT molecular complexity index is 797. The molecule has 1 unspecified atom stereocenters. The molecule has 3 aromatic heterocycles. The van der Waals surface area contributed by atoms with E-state index in [1.807, 2.05) is 34.8 Å². The standard InChI is InChI=1S/C17H20N6/c1-13-6-5-11-22(12-13)16-9-4-8-15-20-17(21-23(15)16)19-14-7-2-3-10-18-14/h2-4,7-10,13H,5-6,11-12H2,1H3,(H,18,19,21). The van der Waals surface area contributed by atoms with E-state index in [0.717, 1.165) is 30.4 Å². The zero-order valence-electron chi connectivity index (χ0n) is 13.2. The van der Waals surface area contributed by atoms with Crippen molar-refractivity contribution in [1.29, 1.82) is 0 Å². The third-order valence-corrected chi connectivity index (χ3v) is 4.23. The maximum atomic E-state index is 4.62. The summed E-state index contributed by atoms with van der Waals surface area (Å²) in [5.41, 5.74) is 0.846. The molecule has 0 aliphatic carbocycles. The minimum atomic E-state index is 0.571. The smallest absolute Gasteiger partial charge is 0.248 e. The van der Waals surface area contributed by atoms with E-state index in [1.54, 1.807) is 6.20 Å². The van der Waals surface area contributed by atoms with Crippen molar-refractivity contribution in [3.63, 3.8) is 0 Å². The highest BCUT2D eigenvalue weighted by Gasteiger charge is 2.19. The van der Waals surface area contributed by atoms with Gasteiger partial charge in [-0.2, -0.15) is 9.50 Å². The number of hydrogen-bond acceptors (Lipinski definition) is 5. The molecule has 0 bridgehead atoms. The molecular formula is C17H20N6. The quantitative estimate of drug-likeness (QED) is 0.805. The van der Waals surface area contributed by atoms with E-state index in [2.05, 4.69) is 38.3 Å². The number of nitrogens with zero attached hydrogens (tertiary/aromatic N) is 5. The van der Waals surface area contributed by atoms with Crippen LogP contribution in [0.15, 0.2) is 42.6 Å². The molecule has 1 fully saturated rings. The maximum Gasteiger partial charge on any atom is 0.248 e. The molecule has 4 heterocycles. The molecule has 6 heteroatoms. The van der Waals surface area contributed by atoms with Crippen LogP contribution in [-0.2, 0) is 0 Å². The van der Waals surface area contributed by atoms with Gasteiger partial charge < -0.3 is 10.2 Å². The van der Waals surface area contributed by atoms with Crippen LogP contribution in [0, 0.1) is 5.92 Å². The normalized spacial score (nSPS) is 18.3. The Kier molecular flexibility index (Phi) is 3.57. The first-order chi connectivity index (χ1) is 11.3. The lowest BCUT2D eigenvalue weighted by Gasteiger charge is -2.32. The Labute approximate surface area is 135 Å². The lowest BCUT2D eigenvalue weighted by molar-refractivity contribution is 0.443. The van der Waals surface area contributed by atoms with Crippen LogP contribution in [0.5, 0.6) is 0 Å². The van der Waals surface area contributed by atoms with E-state index < -0.39 is 0 Å². The van der Waals surface area contributed by atoms with Crippen molar-refractivity contribution in [1.82, 2.24) is 19.6 Å². The van der Waals surface area contributed by atoms with Gasteiger partial charge in [-0.3, -0.25) is 0 Å². The van der Waals surface area contributed by atoms with Gasteiger partial charge in [0.05, 0.1) is 0 Å². The summed E-state index contributed by atoms with van der Waals surface area (Å²) in [5, 5.41) is 7.78. The Balaban J connectivity index is 1.67. The second-order valence-electron chi connectivity index (χ2n) is 6.12. The molecule has 1 N–H and O–H groups in total. The minimum Gasteiger partial charge on any atom is -0.356 e. The summed E-state index contributed by atoms with van der Waals surface area (Å²) >= 11 is 0. The van der Waals surface area contributed by atoms with Gasteiger partial charge in [0.2, 0.25) is 5.95 Å². The van der Waals surface area contributed by atoms with Crippen molar-refractivity contribution in [2.75, 3.05) is 23.3 Å². The summed E-state index contributed by atoms with van der Waals surface area (Å²) in [6, 6.07) is 11.9. The number of hydrogen-bond donors (Lipinski definition) is 1. The third-order valence-electron chi connectivity index (χ3n) is 4.23. The van der Waals surface area contributed by atoms with Crippen LogP contribution in [0.25, 0.3) is 5.65 Å². The lowest BCUT2D eigenvalue weighted by atomic mass is 10.0. The average molecular weight is 308 g/mol. The zero-order chi connectivity index (χ0) is 15.6. The molecule has 1 aliphatic heterocycles. The first-order valence-electron chi connectivity index (χ1n) is 8.08. The van der Waals surface area contributed by atoms with Crippen molar-refractivity contribution >= 4 is 23.2 Å². The predicted molar refractivity (Wildman–Crippen MR) is 91.1 cm³/mol. The molecular weight excluding hydrogens is 288 g/mol. The highest BCUT2D eigenvalue weighted by molar-refractivity contribution is 5.56. The van der Waals surface area contributed by atoms with Crippen LogP contribution in [0.1, 0.15) is 19.8 Å². The molecule has 0 aromatic carbocycles. The topological polar surface area (TPSA) is 58.4 Å². The molecule has 3 aromatic rings. The van der Waals surface area contributed by atoms with Crippen LogP contribution < -0.4 is 10.2 Å². The van der Waals surface area contributed by atoms with E-state index >= 15 is 0 Å². The van der Waals surface area contributed by atoms with Crippen molar-refractivity contribution in [2.24, 2.45) is 5.92 Å². The van der Waals surface area contributed by atoms with Gasteiger partial charge in [-0.1, -0.05) is 19.1 Å². The molecule has 6 nitrogen and oxygen atoms in total. The Morgan fingerprint density at radius 2 is 2.13 bits per heavy atom. The second-order valence-corrected chi connectivity index (χ2v) is 6.12. The van der Waals surface area contributed by atoms with E-state index in [4.69, 9.17) is 0 Å². The molecule has 0 radical (unpaired) electrons. The van der Waals surface area contributed by atoms with Gasteiger partial charge in [-0.05, 0) is 43.0 Å². The number of anilines is 3. The SMILES string of the molecule is CC1CCCN(c2cccc3nc(Nc4ccccn4)nn23)C1. The molecule has 0 saturated carbocycles. The Morgan fingerprint density at radius 3 is 2.96 bits per heavy atom. The molecule has 1 atom stereocenters. The van der Waals surface area contributed by atoms with E-state index in [0.29, 0.717) is 11.9 Å². The van der Waals surface area contributed by atoms with Crippen LogP contribution in [0.2, 0.25) is 0 Å². The number of piperidine rings is 1. The highest BCUT2D eigenvalue weighted by atomic mass is 15.4. The van der Waals surface area contributed by atoms with E-state index in [1.165, 1.54) is 12.8 Å². The van der Waals surface area contributed by atoms with Crippen molar-refractivity contribution in [3.8, 4) is 0 Å². The van der Waals surface area contributed by atoms with Gasteiger partial charge in [-0.25, -0.2) is 4.98 Å². The van der Waals surface area contributed by atoms with E-state index in [-0.39, 0.29) is 0 Å². The van der Waals surface area contributed by atoms with E-state index in [9.17, 15) is 0 Å². The van der Waals surface area contributed by atoms with Gasteiger partial charge in [0.25, 0.3) is 0 Å². The third kappa shape index (κ3) is 2.84. The van der Waals surface area contributed by atoms with Gasteiger partial charge in [0.15, 0.2) is 5.65 Å². The Hall–Kier alpha value is -2.63. The summed E-state index contributed by atoms with van der Waals surface area (Å²) in [6.07, 6.45) is 4.28. The molecule has 0 amide bonds. The summed E-state index contributed by atoms with van der Waals surface area (Å²) < 4.78 is 1.92. The Morgan fingerprint density at radius 1 is 1.17 bits per heavy atom. The predicted octanol–water partition coefficient (Wildman–Crippen LogP) is 3.10. The summed E-state index contributed by atoms with van der Waals surface area (Å²) in [6.45, 7) is 4.45. The lowest BCUT2D eigenvalue weighted by Crippen LogP contribution is -2.35.